The number of fused-ring (bicyclic) bond motifs is 1. The number of benzene rings is 1. The topological polar surface area (TPSA) is 79.8 Å². The van der Waals surface area contributed by atoms with Gasteiger partial charge in [-0.1, -0.05) is 36.4 Å². The van der Waals surface area contributed by atoms with Gasteiger partial charge in [0.05, 0.1) is 17.0 Å². The summed E-state index contributed by atoms with van der Waals surface area (Å²) >= 11 is 1.27. The van der Waals surface area contributed by atoms with Crippen molar-refractivity contribution in [1.82, 2.24) is 19.9 Å². The number of rotatable bonds is 6. The fourth-order valence-electron chi connectivity index (χ4n) is 2.74. The van der Waals surface area contributed by atoms with Crippen LogP contribution < -0.4 is 10.9 Å². The number of carbonyl (C=O) groups is 1. The van der Waals surface area contributed by atoms with Crippen LogP contribution >= 0.6 is 11.8 Å². The minimum Gasteiger partial charge on any atom is -0.353 e. The van der Waals surface area contributed by atoms with Crippen LogP contribution in [-0.2, 0) is 4.79 Å². The van der Waals surface area contributed by atoms with Crippen molar-refractivity contribution in [3.05, 3.63) is 51.9 Å². The molecular formula is C20H24N4O2S. The van der Waals surface area contributed by atoms with Crippen molar-refractivity contribution >= 4 is 28.7 Å². The summed E-state index contributed by atoms with van der Waals surface area (Å²) in [6.07, 6.45) is 0.872. The quantitative estimate of drug-likeness (QED) is 0.505. The van der Waals surface area contributed by atoms with E-state index in [1.807, 2.05) is 58.0 Å². The Morgan fingerprint density at radius 1 is 1.30 bits per heavy atom. The molecule has 142 valence electrons. The Bertz CT molecular complexity index is 1020. The molecule has 0 aliphatic rings. The van der Waals surface area contributed by atoms with Gasteiger partial charge >= 0.3 is 0 Å². The lowest BCUT2D eigenvalue weighted by Gasteiger charge is -2.14. The SMILES string of the molecule is CC[C@H](C)NC(=O)CSc1nc2cc(C)[nH]c2c(=O)n1-c1ccc(C)cc1. The molecule has 3 aromatic rings. The smallest absolute Gasteiger partial charge is 0.283 e. The molecule has 2 heterocycles. The van der Waals surface area contributed by atoms with Crippen molar-refractivity contribution in [3.8, 4) is 5.69 Å². The number of aryl methyl sites for hydroxylation is 2. The maximum Gasteiger partial charge on any atom is 0.283 e. The first-order chi connectivity index (χ1) is 12.9. The third-order valence-corrected chi connectivity index (χ3v) is 5.34. The molecule has 0 unspecified atom stereocenters. The molecule has 3 rings (SSSR count). The summed E-state index contributed by atoms with van der Waals surface area (Å²) < 4.78 is 1.57. The first-order valence-electron chi connectivity index (χ1n) is 9.00. The molecule has 0 fully saturated rings. The molecule has 0 radical (unpaired) electrons. The van der Waals surface area contributed by atoms with Gasteiger partial charge in [0.2, 0.25) is 5.91 Å². The first-order valence-corrected chi connectivity index (χ1v) is 9.99. The van der Waals surface area contributed by atoms with E-state index in [1.165, 1.54) is 11.8 Å². The summed E-state index contributed by atoms with van der Waals surface area (Å²) in [6.45, 7) is 7.88. The second-order valence-electron chi connectivity index (χ2n) is 6.75. The molecule has 0 saturated heterocycles. The van der Waals surface area contributed by atoms with Crippen molar-refractivity contribution in [1.29, 1.82) is 0 Å². The van der Waals surface area contributed by atoms with E-state index < -0.39 is 0 Å². The molecule has 2 aromatic heterocycles. The van der Waals surface area contributed by atoms with Gasteiger partial charge < -0.3 is 10.3 Å². The number of H-pyrrole nitrogens is 1. The van der Waals surface area contributed by atoms with Crippen molar-refractivity contribution in [2.75, 3.05) is 5.75 Å². The summed E-state index contributed by atoms with van der Waals surface area (Å²) in [5.41, 5.74) is 3.64. The molecule has 1 aromatic carbocycles. The Hall–Kier alpha value is -2.54. The maximum absolute atomic E-state index is 13.1. The molecule has 1 amide bonds. The summed E-state index contributed by atoms with van der Waals surface area (Å²) in [4.78, 5) is 33.0. The summed E-state index contributed by atoms with van der Waals surface area (Å²) in [5, 5.41) is 3.45. The number of hydrogen-bond acceptors (Lipinski definition) is 4. The normalized spacial score (nSPS) is 12.3. The standard InChI is InChI=1S/C20H24N4O2S/c1-5-13(3)21-17(25)11-27-20-23-16-10-14(4)22-18(16)19(26)24(20)15-8-6-12(2)7-9-15/h6-10,13,22H,5,11H2,1-4H3,(H,21,25)/t13-/m0/s1. The third-order valence-electron chi connectivity index (χ3n) is 4.40. The number of aromatic amines is 1. The van der Waals surface area contributed by atoms with Gasteiger partial charge in [-0.25, -0.2) is 4.98 Å². The number of aromatic nitrogens is 3. The number of carbonyl (C=O) groups excluding carboxylic acids is 1. The highest BCUT2D eigenvalue weighted by Crippen LogP contribution is 2.22. The van der Waals surface area contributed by atoms with Crippen LogP contribution in [0.3, 0.4) is 0 Å². The van der Waals surface area contributed by atoms with Crippen molar-refractivity contribution in [3.63, 3.8) is 0 Å². The van der Waals surface area contributed by atoms with Gasteiger partial charge in [-0.15, -0.1) is 0 Å². The fourth-order valence-corrected chi connectivity index (χ4v) is 3.57. The van der Waals surface area contributed by atoms with Crippen molar-refractivity contribution < 1.29 is 4.79 Å². The Labute approximate surface area is 162 Å². The average Bonchev–Trinajstić information content (AvgIpc) is 3.01. The Kier molecular flexibility index (Phi) is 5.70. The molecule has 0 spiro atoms. The maximum atomic E-state index is 13.1. The molecule has 0 aliphatic carbocycles. The molecule has 0 aliphatic heterocycles. The molecule has 2 N–H and O–H groups in total. The average molecular weight is 385 g/mol. The lowest BCUT2D eigenvalue weighted by Crippen LogP contribution is -2.33. The van der Waals surface area contributed by atoms with Crippen LogP contribution in [0.2, 0.25) is 0 Å². The van der Waals surface area contributed by atoms with E-state index in [0.29, 0.717) is 16.2 Å². The Balaban J connectivity index is 2.01. The molecule has 27 heavy (non-hydrogen) atoms. The Morgan fingerprint density at radius 2 is 2.00 bits per heavy atom. The number of hydrogen-bond donors (Lipinski definition) is 2. The summed E-state index contributed by atoms with van der Waals surface area (Å²) in [7, 11) is 0. The van der Waals surface area contributed by atoms with E-state index in [0.717, 1.165) is 23.4 Å². The lowest BCUT2D eigenvalue weighted by molar-refractivity contribution is -0.119. The highest BCUT2D eigenvalue weighted by Gasteiger charge is 2.16. The second-order valence-corrected chi connectivity index (χ2v) is 7.69. The highest BCUT2D eigenvalue weighted by atomic mass is 32.2. The third kappa shape index (κ3) is 4.24. The summed E-state index contributed by atoms with van der Waals surface area (Å²) in [5.74, 6) is 0.141. The van der Waals surface area contributed by atoms with Crippen LogP contribution in [0.25, 0.3) is 16.7 Å². The van der Waals surface area contributed by atoms with Crippen LogP contribution in [0, 0.1) is 13.8 Å². The summed E-state index contributed by atoms with van der Waals surface area (Å²) in [6, 6.07) is 9.67. The van der Waals surface area contributed by atoms with Gasteiger partial charge in [0.15, 0.2) is 5.16 Å². The van der Waals surface area contributed by atoms with E-state index in [1.54, 1.807) is 4.57 Å². The van der Waals surface area contributed by atoms with Gasteiger partial charge in [0, 0.05) is 11.7 Å². The van der Waals surface area contributed by atoms with Gasteiger partial charge in [0.25, 0.3) is 5.56 Å². The van der Waals surface area contributed by atoms with E-state index in [-0.39, 0.29) is 23.3 Å². The molecule has 0 saturated carbocycles. The monoisotopic (exact) mass is 384 g/mol. The second kappa shape index (κ2) is 8.00. The number of nitrogens with one attached hydrogen (secondary N) is 2. The van der Waals surface area contributed by atoms with E-state index >= 15 is 0 Å². The van der Waals surface area contributed by atoms with Gasteiger partial charge in [-0.3, -0.25) is 14.2 Å². The molecule has 6 nitrogen and oxygen atoms in total. The van der Waals surface area contributed by atoms with Crippen LogP contribution in [0.1, 0.15) is 31.5 Å². The molecule has 1 atom stereocenters. The van der Waals surface area contributed by atoms with Crippen LogP contribution in [-0.4, -0.2) is 32.2 Å². The Morgan fingerprint density at radius 3 is 2.67 bits per heavy atom. The van der Waals surface area contributed by atoms with Gasteiger partial charge in [-0.05, 0) is 45.4 Å². The number of thioether (sulfide) groups is 1. The van der Waals surface area contributed by atoms with Crippen molar-refractivity contribution in [2.24, 2.45) is 0 Å². The lowest BCUT2D eigenvalue weighted by atomic mass is 10.2. The van der Waals surface area contributed by atoms with Crippen LogP contribution in [0.15, 0.2) is 40.3 Å². The van der Waals surface area contributed by atoms with Crippen LogP contribution in [0.5, 0.6) is 0 Å². The molecule has 7 heteroatoms. The predicted molar refractivity (Wildman–Crippen MR) is 110 cm³/mol. The van der Waals surface area contributed by atoms with Gasteiger partial charge in [0.1, 0.15) is 5.52 Å². The zero-order valence-corrected chi connectivity index (χ0v) is 16.8. The van der Waals surface area contributed by atoms with E-state index in [4.69, 9.17) is 0 Å². The zero-order chi connectivity index (χ0) is 19.6. The largest absolute Gasteiger partial charge is 0.353 e. The molecule has 0 bridgehead atoms. The van der Waals surface area contributed by atoms with E-state index in [2.05, 4.69) is 15.3 Å². The highest BCUT2D eigenvalue weighted by molar-refractivity contribution is 7.99. The number of amides is 1. The van der Waals surface area contributed by atoms with Gasteiger partial charge in [-0.2, -0.15) is 0 Å². The van der Waals surface area contributed by atoms with E-state index in [9.17, 15) is 9.59 Å². The minimum atomic E-state index is -0.165. The molecular weight excluding hydrogens is 360 g/mol. The first kappa shape index (κ1) is 19.2. The minimum absolute atomic E-state index is 0.0654. The fraction of sp³-hybridized carbons (Fsp3) is 0.350. The van der Waals surface area contributed by atoms with Crippen molar-refractivity contribution in [2.45, 2.75) is 45.3 Å². The zero-order valence-electron chi connectivity index (χ0n) is 16.0. The predicted octanol–water partition coefficient (Wildman–Crippen LogP) is 3.34. The number of nitrogens with zero attached hydrogens (tertiary/aromatic N) is 2. The van der Waals surface area contributed by atoms with Crippen LogP contribution in [0.4, 0.5) is 0 Å².